The van der Waals surface area contributed by atoms with Crippen molar-refractivity contribution in [2.24, 2.45) is 4.99 Å². The van der Waals surface area contributed by atoms with E-state index < -0.39 is 11.6 Å². The minimum absolute atomic E-state index is 0.242. The first-order chi connectivity index (χ1) is 13.4. The van der Waals surface area contributed by atoms with Crippen molar-refractivity contribution in [3.8, 4) is 0 Å². The van der Waals surface area contributed by atoms with Crippen molar-refractivity contribution in [1.29, 1.82) is 0 Å². The molecule has 3 nitrogen and oxygen atoms in total. The SMILES string of the molecule is CCCCCCC(N=C(c1ccccc1)c1ccccc1)C(=O)OC(C)(C)C. The lowest BCUT2D eigenvalue weighted by atomic mass is 10.0. The van der Waals surface area contributed by atoms with E-state index in [-0.39, 0.29) is 5.97 Å². The normalized spacial score (nSPS) is 12.3. The van der Waals surface area contributed by atoms with Crippen LogP contribution in [0.15, 0.2) is 65.7 Å². The molecule has 2 aromatic rings. The predicted octanol–water partition coefficient (Wildman–Crippen LogP) is 6.20. The molecule has 3 heteroatoms. The van der Waals surface area contributed by atoms with Crippen LogP contribution >= 0.6 is 0 Å². The molecule has 0 aliphatic heterocycles. The Morgan fingerprint density at radius 2 is 1.43 bits per heavy atom. The molecule has 0 saturated heterocycles. The summed E-state index contributed by atoms with van der Waals surface area (Å²) in [6.07, 6.45) is 5.13. The first-order valence-electron chi connectivity index (χ1n) is 10.3. The molecule has 0 aromatic heterocycles. The van der Waals surface area contributed by atoms with Crippen molar-refractivity contribution in [2.75, 3.05) is 0 Å². The van der Waals surface area contributed by atoms with Crippen molar-refractivity contribution in [1.82, 2.24) is 0 Å². The average Bonchev–Trinajstić information content (AvgIpc) is 2.67. The molecule has 1 atom stereocenters. The Labute approximate surface area is 169 Å². The number of hydrogen-bond acceptors (Lipinski definition) is 3. The summed E-state index contributed by atoms with van der Waals surface area (Å²) in [4.78, 5) is 17.8. The van der Waals surface area contributed by atoms with Gasteiger partial charge in [-0.3, -0.25) is 4.99 Å². The maximum atomic E-state index is 12.9. The lowest BCUT2D eigenvalue weighted by Crippen LogP contribution is -2.31. The van der Waals surface area contributed by atoms with Gasteiger partial charge in [0, 0.05) is 11.1 Å². The predicted molar refractivity (Wildman–Crippen MR) is 117 cm³/mol. The Balaban J connectivity index is 2.37. The molecule has 0 amide bonds. The van der Waals surface area contributed by atoms with E-state index in [9.17, 15) is 4.79 Å². The smallest absolute Gasteiger partial charge is 0.331 e. The fourth-order valence-corrected chi connectivity index (χ4v) is 3.03. The Kier molecular flexibility index (Phi) is 8.43. The van der Waals surface area contributed by atoms with Gasteiger partial charge in [0.15, 0.2) is 0 Å². The molecule has 2 rings (SSSR count). The van der Waals surface area contributed by atoms with Crippen LogP contribution in [0.2, 0.25) is 0 Å². The van der Waals surface area contributed by atoms with Gasteiger partial charge in [-0.1, -0.05) is 93.3 Å². The molecule has 0 spiro atoms. The van der Waals surface area contributed by atoms with Gasteiger partial charge in [0.25, 0.3) is 0 Å². The van der Waals surface area contributed by atoms with Gasteiger partial charge in [0.2, 0.25) is 0 Å². The molecule has 28 heavy (non-hydrogen) atoms. The second-order valence-electron chi connectivity index (χ2n) is 8.11. The highest BCUT2D eigenvalue weighted by Crippen LogP contribution is 2.18. The Morgan fingerprint density at radius 3 is 1.89 bits per heavy atom. The molecule has 2 aromatic carbocycles. The highest BCUT2D eigenvalue weighted by molar-refractivity contribution is 6.13. The molecule has 0 bridgehead atoms. The quantitative estimate of drug-likeness (QED) is 0.295. The van der Waals surface area contributed by atoms with Crippen LogP contribution in [-0.4, -0.2) is 23.3 Å². The summed E-state index contributed by atoms with van der Waals surface area (Å²) >= 11 is 0. The van der Waals surface area contributed by atoms with Crippen molar-refractivity contribution < 1.29 is 9.53 Å². The monoisotopic (exact) mass is 379 g/mol. The van der Waals surface area contributed by atoms with Crippen LogP contribution in [0.4, 0.5) is 0 Å². The number of hydrogen-bond donors (Lipinski definition) is 0. The molecule has 150 valence electrons. The zero-order valence-electron chi connectivity index (χ0n) is 17.7. The van der Waals surface area contributed by atoms with Crippen molar-refractivity contribution in [2.45, 2.75) is 71.4 Å². The largest absolute Gasteiger partial charge is 0.458 e. The van der Waals surface area contributed by atoms with Crippen LogP contribution in [0.25, 0.3) is 0 Å². The number of carbonyl (C=O) groups excluding carboxylic acids is 1. The van der Waals surface area contributed by atoms with Gasteiger partial charge in [-0.15, -0.1) is 0 Å². The number of benzene rings is 2. The van der Waals surface area contributed by atoms with Gasteiger partial charge in [0.05, 0.1) is 5.71 Å². The molecule has 0 saturated carbocycles. The number of carbonyl (C=O) groups is 1. The van der Waals surface area contributed by atoms with E-state index in [2.05, 4.69) is 6.92 Å². The second kappa shape index (κ2) is 10.8. The van der Waals surface area contributed by atoms with Crippen LogP contribution in [0.5, 0.6) is 0 Å². The maximum Gasteiger partial charge on any atom is 0.331 e. The summed E-state index contributed by atoms with van der Waals surface area (Å²) in [7, 11) is 0. The molecule has 0 fully saturated rings. The number of rotatable bonds is 9. The Hall–Kier alpha value is -2.42. The minimum Gasteiger partial charge on any atom is -0.458 e. The summed E-state index contributed by atoms with van der Waals surface area (Å²) < 4.78 is 5.68. The first kappa shape index (κ1) is 21.9. The third kappa shape index (κ3) is 7.30. The van der Waals surface area contributed by atoms with Crippen molar-refractivity contribution >= 4 is 11.7 Å². The van der Waals surface area contributed by atoms with E-state index in [4.69, 9.17) is 9.73 Å². The van der Waals surface area contributed by atoms with Gasteiger partial charge in [-0.25, -0.2) is 4.79 Å². The van der Waals surface area contributed by atoms with Crippen molar-refractivity contribution in [3.05, 3.63) is 71.8 Å². The highest BCUT2D eigenvalue weighted by Gasteiger charge is 2.25. The number of ether oxygens (including phenoxy) is 1. The molecule has 0 heterocycles. The van der Waals surface area contributed by atoms with E-state index in [0.717, 1.165) is 29.7 Å². The molecule has 0 aliphatic carbocycles. The van der Waals surface area contributed by atoms with E-state index >= 15 is 0 Å². The summed E-state index contributed by atoms with van der Waals surface area (Å²) in [5.74, 6) is -0.242. The van der Waals surface area contributed by atoms with Gasteiger partial charge < -0.3 is 4.74 Å². The number of aliphatic imine (C=N–C) groups is 1. The van der Waals surface area contributed by atoms with Crippen LogP contribution < -0.4 is 0 Å². The summed E-state index contributed by atoms with van der Waals surface area (Å²) in [6.45, 7) is 7.89. The molecule has 0 radical (unpaired) electrons. The second-order valence-corrected chi connectivity index (χ2v) is 8.11. The van der Waals surface area contributed by atoms with Crippen LogP contribution in [-0.2, 0) is 9.53 Å². The maximum absolute atomic E-state index is 12.9. The molecule has 1 unspecified atom stereocenters. The first-order valence-corrected chi connectivity index (χ1v) is 10.3. The van der Waals surface area contributed by atoms with Gasteiger partial charge in [0.1, 0.15) is 11.6 Å². The number of unbranched alkanes of at least 4 members (excludes halogenated alkanes) is 3. The third-order valence-corrected chi connectivity index (χ3v) is 4.39. The fourth-order valence-electron chi connectivity index (χ4n) is 3.03. The van der Waals surface area contributed by atoms with E-state index in [1.165, 1.54) is 12.8 Å². The van der Waals surface area contributed by atoms with Gasteiger partial charge in [-0.2, -0.15) is 0 Å². The van der Waals surface area contributed by atoms with Gasteiger partial charge >= 0.3 is 5.97 Å². The molecular formula is C25H33NO2. The Morgan fingerprint density at radius 1 is 0.893 bits per heavy atom. The van der Waals surface area contributed by atoms with E-state index in [1.54, 1.807) is 0 Å². The van der Waals surface area contributed by atoms with Crippen molar-refractivity contribution in [3.63, 3.8) is 0 Å². The summed E-state index contributed by atoms with van der Waals surface area (Å²) in [5.41, 5.74) is 2.34. The topological polar surface area (TPSA) is 38.7 Å². The van der Waals surface area contributed by atoms with Crippen LogP contribution in [0.1, 0.15) is 70.9 Å². The average molecular weight is 380 g/mol. The lowest BCUT2D eigenvalue weighted by Gasteiger charge is -2.23. The summed E-state index contributed by atoms with van der Waals surface area (Å²) in [5, 5.41) is 0. The number of esters is 1. The van der Waals surface area contributed by atoms with E-state index in [1.807, 2.05) is 81.4 Å². The molecule has 0 N–H and O–H groups in total. The molecule has 0 aliphatic rings. The summed E-state index contributed by atoms with van der Waals surface area (Å²) in [6, 6.07) is 19.6. The lowest BCUT2D eigenvalue weighted by molar-refractivity contribution is -0.156. The zero-order chi connectivity index (χ0) is 20.4. The van der Waals surface area contributed by atoms with E-state index in [0.29, 0.717) is 6.42 Å². The standard InChI is InChI=1S/C25H33NO2/c1-5-6-7-14-19-22(24(27)28-25(2,3)4)26-23(20-15-10-8-11-16-20)21-17-12-9-13-18-21/h8-13,15-18,22H,5-7,14,19H2,1-4H3. The fraction of sp³-hybridized carbons (Fsp3) is 0.440. The van der Waals surface area contributed by atoms with Crippen LogP contribution in [0.3, 0.4) is 0 Å². The highest BCUT2D eigenvalue weighted by atomic mass is 16.6. The number of nitrogens with zero attached hydrogens (tertiary/aromatic N) is 1. The Bertz CT molecular complexity index is 704. The van der Waals surface area contributed by atoms with Crippen LogP contribution in [0, 0.1) is 0 Å². The zero-order valence-corrected chi connectivity index (χ0v) is 17.7. The molecular weight excluding hydrogens is 346 g/mol. The minimum atomic E-state index is -0.520. The van der Waals surface area contributed by atoms with Gasteiger partial charge in [-0.05, 0) is 27.2 Å². The third-order valence-electron chi connectivity index (χ3n) is 4.39.